The minimum Gasteiger partial charge on any atom is -0.486 e. The fourth-order valence-electron chi connectivity index (χ4n) is 9.02. The van der Waals surface area contributed by atoms with Gasteiger partial charge in [-0.1, -0.05) is 84.9 Å². The highest BCUT2D eigenvalue weighted by Crippen LogP contribution is 2.42. The molecule has 0 aromatic heterocycles. The summed E-state index contributed by atoms with van der Waals surface area (Å²) in [5, 5.41) is 4.57. The van der Waals surface area contributed by atoms with Crippen molar-refractivity contribution < 1.29 is 33.2 Å². The molecule has 290 valence electrons. The third-order valence-electron chi connectivity index (χ3n) is 11.7. The van der Waals surface area contributed by atoms with Crippen molar-refractivity contribution in [3.8, 4) is 23.0 Å². The molecule has 0 spiro atoms. The van der Waals surface area contributed by atoms with Gasteiger partial charge in [-0.2, -0.15) is 0 Å². The number of amides is 2. The number of carbonyl (C=O) groups is 1. The lowest BCUT2D eigenvalue weighted by Gasteiger charge is -2.37. The Bertz CT molecular complexity index is 2300. The molecule has 0 aliphatic carbocycles. The fraction of sp³-hybridized carbons (Fsp3) is 0.312. The molecule has 0 radical (unpaired) electrons. The Morgan fingerprint density at radius 3 is 1.35 bits per heavy atom. The third kappa shape index (κ3) is 7.11. The van der Waals surface area contributed by atoms with Crippen LogP contribution >= 0.6 is 0 Å². The first kappa shape index (κ1) is 35.6. The lowest BCUT2D eigenvalue weighted by molar-refractivity contribution is -0.157. The van der Waals surface area contributed by atoms with Crippen LogP contribution in [0.2, 0.25) is 0 Å². The summed E-state index contributed by atoms with van der Waals surface area (Å²) in [6.07, 6.45) is 0.136. The van der Waals surface area contributed by atoms with Gasteiger partial charge in [0.25, 0.3) is 0 Å². The predicted octanol–water partition coefficient (Wildman–Crippen LogP) is 8.72. The van der Waals surface area contributed by atoms with E-state index in [1.165, 1.54) is 0 Å². The first-order chi connectivity index (χ1) is 27.8. The highest BCUT2D eigenvalue weighted by molar-refractivity contribution is 5.84. The van der Waals surface area contributed by atoms with Crippen molar-refractivity contribution in [1.82, 2.24) is 9.80 Å². The molecule has 0 N–H and O–H groups in total. The SMILES string of the molecule is CC1(C)O[C@@H]2[C@@H](O1)[C@@H](Cc1ccc3c(c1)OCCO3)N(Cc1ccc3ccccc3c1)C(=O)N(Cc1ccc3ccccc3c1)[C@@H]2Cc1ccc2c(c1)OCCO2. The number of carbonyl (C=O) groups excluding carboxylic acids is 1. The van der Waals surface area contributed by atoms with Crippen LogP contribution in [-0.2, 0) is 35.4 Å². The van der Waals surface area contributed by atoms with Crippen molar-refractivity contribution in [1.29, 1.82) is 0 Å². The average molecular weight is 763 g/mol. The van der Waals surface area contributed by atoms with Crippen molar-refractivity contribution in [3.05, 3.63) is 144 Å². The van der Waals surface area contributed by atoms with Crippen molar-refractivity contribution in [2.75, 3.05) is 26.4 Å². The van der Waals surface area contributed by atoms with Crippen molar-refractivity contribution in [3.63, 3.8) is 0 Å². The van der Waals surface area contributed by atoms with E-state index >= 15 is 4.79 Å². The van der Waals surface area contributed by atoms with Crippen LogP contribution in [0.25, 0.3) is 21.5 Å². The Morgan fingerprint density at radius 1 is 0.491 bits per heavy atom. The van der Waals surface area contributed by atoms with Gasteiger partial charge in [0.05, 0.1) is 12.1 Å². The summed E-state index contributed by atoms with van der Waals surface area (Å²) in [5.41, 5.74) is 4.14. The summed E-state index contributed by atoms with van der Waals surface area (Å²) in [5.74, 6) is 2.00. The van der Waals surface area contributed by atoms with Gasteiger partial charge in [0.1, 0.15) is 38.6 Å². The van der Waals surface area contributed by atoms with Crippen LogP contribution in [0, 0.1) is 0 Å². The number of urea groups is 1. The van der Waals surface area contributed by atoms with Crippen LogP contribution in [0.4, 0.5) is 4.79 Å². The smallest absolute Gasteiger partial charge is 0.321 e. The van der Waals surface area contributed by atoms with Gasteiger partial charge in [-0.05, 0) is 107 Å². The maximum atomic E-state index is 15.8. The molecule has 6 aromatic rings. The van der Waals surface area contributed by atoms with Crippen molar-refractivity contribution in [2.45, 2.75) is 69.9 Å². The lowest BCUT2D eigenvalue weighted by Crippen LogP contribution is -2.51. The monoisotopic (exact) mass is 762 g/mol. The molecule has 2 amide bonds. The summed E-state index contributed by atoms with van der Waals surface area (Å²) >= 11 is 0. The van der Waals surface area contributed by atoms with Gasteiger partial charge >= 0.3 is 6.03 Å². The Labute approximate surface area is 332 Å². The molecule has 0 bridgehead atoms. The number of hydrogen-bond donors (Lipinski definition) is 0. The van der Waals surface area contributed by atoms with Gasteiger partial charge in [-0.3, -0.25) is 0 Å². The molecule has 2 fully saturated rings. The van der Waals surface area contributed by atoms with E-state index in [2.05, 4.69) is 97.1 Å². The number of hydrogen-bond acceptors (Lipinski definition) is 7. The van der Waals surface area contributed by atoms with Gasteiger partial charge in [-0.25, -0.2) is 4.79 Å². The summed E-state index contributed by atoms with van der Waals surface area (Å²) in [7, 11) is 0. The summed E-state index contributed by atoms with van der Waals surface area (Å²) in [4.78, 5) is 19.9. The third-order valence-corrected chi connectivity index (χ3v) is 11.7. The zero-order chi connectivity index (χ0) is 38.5. The Hall–Kier alpha value is -5.77. The minimum atomic E-state index is -0.894. The molecule has 2 saturated heterocycles. The summed E-state index contributed by atoms with van der Waals surface area (Å²) < 4.78 is 37.8. The van der Waals surface area contributed by atoms with E-state index in [1.807, 2.05) is 47.9 Å². The lowest BCUT2D eigenvalue weighted by atomic mass is 9.90. The van der Waals surface area contributed by atoms with E-state index in [0.29, 0.717) is 52.4 Å². The summed E-state index contributed by atoms with van der Waals surface area (Å²) in [6, 6.07) is 41.0. The van der Waals surface area contributed by atoms with E-state index in [-0.39, 0.29) is 18.1 Å². The van der Waals surface area contributed by atoms with E-state index in [4.69, 9.17) is 28.4 Å². The molecule has 4 heterocycles. The predicted molar refractivity (Wildman–Crippen MR) is 218 cm³/mol. The van der Waals surface area contributed by atoms with Crippen molar-refractivity contribution in [2.24, 2.45) is 0 Å². The number of rotatable bonds is 8. The minimum absolute atomic E-state index is 0.0687. The topological polar surface area (TPSA) is 78.9 Å². The molecular formula is C48H46N2O7. The van der Waals surface area contributed by atoms with Crippen molar-refractivity contribution >= 4 is 27.6 Å². The highest BCUT2D eigenvalue weighted by atomic mass is 16.8. The fourth-order valence-corrected chi connectivity index (χ4v) is 9.02. The molecule has 4 aliphatic heterocycles. The van der Waals surface area contributed by atoms with Gasteiger partial charge in [0.15, 0.2) is 28.8 Å². The Balaban J connectivity index is 1.11. The molecule has 4 aliphatic rings. The van der Waals surface area contributed by atoms with Crippen LogP contribution < -0.4 is 18.9 Å². The number of nitrogens with zero attached hydrogens (tertiary/aromatic N) is 2. The molecule has 57 heavy (non-hydrogen) atoms. The second-order valence-corrected chi connectivity index (χ2v) is 16.0. The zero-order valence-corrected chi connectivity index (χ0v) is 32.3. The summed E-state index contributed by atoms with van der Waals surface area (Å²) in [6.45, 7) is 6.75. The largest absolute Gasteiger partial charge is 0.486 e. The molecule has 0 saturated carbocycles. The van der Waals surface area contributed by atoms with Gasteiger partial charge in [0, 0.05) is 13.1 Å². The quantitative estimate of drug-likeness (QED) is 0.154. The molecule has 0 unspecified atom stereocenters. The van der Waals surface area contributed by atoms with Gasteiger partial charge < -0.3 is 38.2 Å². The number of fused-ring (bicyclic) bond motifs is 5. The molecule has 9 heteroatoms. The van der Waals surface area contributed by atoms with Crippen LogP contribution in [0.5, 0.6) is 23.0 Å². The van der Waals surface area contributed by atoms with Crippen LogP contribution in [-0.4, -0.2) is 72.3 Å². The normalized spacial score (nSPS) is 22.4. The second-order valence-electron chi connectivity index (χ2n) is 16.0. The Morgan fingerprint density at radius 2 is 0.895 bits per heavy atom. The molecule has 9 nitrogen and oxygen atoms in total. The van der Waals surface area contributed by atoms with Crippen LogP contribution in [0.15, 0.2) is 121 Å². The van der Waals surface area contributed by atoms with E-state index < -0.39 is 18.0 Å². The first-order valence-corrected chi connectivity index (χ1v) is 20.0. The maximum absolute atomic E-state index is 15.8. The molecular weight excluding hydrogens is 717 g/mol. The van der Waals surface area contributed by atoms with Gasteiger partial charge in [-0.15, -0.1) is 0 Å². The van der Waals surface area contributed by atoms with E-state index in [9.17, 15) is 0 Å². The van der Waals surface area contributed by atoms with E-state index in [0.717, 1.165) is 66.8 Å². The molecule has 10 rings (SSSR count). The molecule has 4 atom stereocenters. The second kappa shape index (κ2) is 14.6. The highest BCUT2D eigenvalue weighted by Gasteiger charge is 2.55. The average Bonchev–Trinajstić information content (AvgIpc) is 3.54. The van der Waals surface area contributed by atoms with Gasteiger partial charge in [0.2, 0.25) is 0 Å². The Kier molecular flexibility index (Phi) is 9.14. The standard InChI is InChI=1S/C48H46N2O7/c1-48(2)56-45-39(25-31-13-17-41-43(27-31)54-21-19-52-41)49(29-33-11-15-35-7-3-5-9-37(35)23-33)47(51)50(30-34-12-16-36-8-4-6-10-38(36)24-34)40(46(45)57-48)26-32-14-18-42-44(28-32)55-22-20-53-42/h3-18,23-24,27-28,39-40,45-46H,19-22,25-26,29-30H2,1-2H3/t39-,40-,45+,46+/m1/s1. The number of benzene rings is 6. The zero-order valence-electron chi connectivity index (χ0n) is 32.3. The first-order valence-electron chi connectivity index (χ1n) is 20.0. The maximum Gasteiger partial charge on any atom is 0.321 e. The van der Waals surface area contributed by atoms with Crippen LogP contribution in [0.1, 0.15) is 36.1 Å². The van der Waals surface area contributed by atoms with E-state index in [1.54, 1.807) is 0 Å². The van der Waals surface area contributed by atoms with Crippen LogP contribution in [0.3, 0.4) is 0 Å². The number of ether oxygens (including phenoxy) is 6. The molecule has 6 aromatic carbocycles.